The van der Waals surface area contributed by atoms with Crippen LogP contribution < -0.4 is 9.47 Å². The first-order valence-electron chi connectivity index (χ1n) is 8.21. The first-order valence-corrected chi connectivity index (χ1v) is 8.21. The maximum absolute atomic E-state index is 12.8. The van der Waals surface area contributed by atoms with Crippen molar-refractivity contribution >= 4 is 11.6 Å². The predicted molar refractivity (Wildman–Crippen MR) is 92.1 cm³/mol. The van der Waals surface area contributed by atoms with E-state index < -0.39 is 4.92 Å². The van der Waals surface area contributed by atoms with E-state index in [-0.39, 0.29) is 24.2 Å². The molecule has 1 aliphatic rings. The van der Waals surface area contributed by atoms with Crippen molar-refractivity contribution in [3.63, 3.8) is 0 Å². The van der Waals surface area contributed by atoms with Crippen molar-refractivity contribution < 1.29 is 19.2 Å². The van der Waals surface area contributed by atoms with E-state index in [1.165, 1.54) is 10.9 Å². The van der Waals surface area contributed by atoms with Gasteiger partial charge in [0.15, 0.2) is 0 Å². The number of carbonyl (C=O) groups is 1. The minimum Gasteiger partial charge on any atom is -0.497 e. The van der Waals surface area contributed by atoms with Crippen molar-refractivity contribution in [2.24, 2.45) is 0 Å². The van der Waals surface area contributed by atoms with E-state index in [0.29, 0.717) is 18.0 Å². The van der Waals surface area contributed by atoms with Crippen LogP contribution in [0, 0.1) is 10.1 Å². The van der Waals surface area contributed by atoms with Gasteiger partial charge >= 0.3 is 5.69 Å². The number of amides is 1. The highest BCUT2D eigenvalue weighted by Gasteiger charge is 2.32. The molecule has 0 radical (unpaired) electrons. The molecule has 1 fully saturated rings. The van der Waals surface area contributed by atoms with Crippen LogP contribution in [-0.4, -0.2) is 46.3 Å². The molecule has 3 rings (SSSR count). The molecule has 138 valence electrons. The highest BCUT2D eigenvalue weighted by Crippen LogP contribution is 2.39. The Kier molecular flexibility index (Phi) is 5.06. The van der Waals surface area contributed by atoms with Crippen LogP contribution in [0.25, 0.3) is 0 Å². The summed E-state index contributed by atoms with van der Waals surface area (Å²) in [6, 6.07) is 5.39. The van der Waals surface area contributed by atoms with Gasteiger partial charge in [-0.05, 0) is 31.0 Å². The summed E-state index contributed by atoms with van der Waals surface area (Å²) >= 11 is 0. The number of hydrogen-bond donors (Lipinski definition) is 0. The van der Waals surface area contributed by atoms with E-state index in [1.807, 2.05) is 18.2 Å². The Labute approximate surface area is 150 Å². The molecule has 9 nitrogen and oxygen atoms in total. The number of carbonyl (C=O) groups excluding carboxylic acids is 1. The summed E-state index contributed by atoms with van der Waals surface area (Å²) in [7, 11) is 3.18. The average Bonchev–Trinajstić information content (AvgIpc) is 3.30. The molecule has 2 aromatic rings. The van der Waals surface area contributed by atoms with Crippen LogP contribution >= 0.6 is 0 Å². The third-order valence-electron chi connectivity index (χ3n) is 4.50. The summed E-state index contributed by atoms with van der Waals surface area (Å²) in [5.74, 6) is 1.25. The molecule has 0 saturated carbocycles. The van der Waals surface area contributed by atoms with Gasteiger partial charge in [0.25, 0.3) is 0 Å². The van der Waals surface area contributed by atoms with Crippen molar-refractivity contribution in [1.29, 1.82) is 0 Å². The Hall–Kier alpha value is -3.10. The summed E-state index contributed by atoms with van der Waals surface area (Å²) in [4.78, 5) is 24.7. The molecule has 1 atom stereocenters. The fourth-order valence-electron chi connectivity index (χ4n) is 3.25. The minimum absolute atomic E-state index is 0.0450. The van der Waals surface area contributed by atoms with Crippen LogP contribution in [0.1, 0.15) is 24.4 Å². The van der Waals surface area contributed by atoms with Gasteiger partial charge in [0.1, 0.15) is 30.4 Å². The van der Waals surface area contributed by atoms with Gasteiger partial charge in [0.2, 0.25) is 5.91 Å². The minimum atomic E-state index is -0.534. The Bertz CT molecular complexity index is 819. The van der Waals surface area contributed by atoms with E-state index in [2.05, 4.69) is 5.10 Å². The van der Waals surface area contributed by atoms with E-state index in [9.17, 15) is 14.9 Å². The first-order chi connectivity index (χ1) is 12.5. The Morgan fingerprint density at radius 2 is 2.19 bits per heavy atom. The lowest BCUT2D eigenvalue weighted by Gasteiger charge is -2.26. The first kappa shape index (κ1) is 17.7. The van der Waals surface area contributed by atoms with Gasteiger partial charge in [-0.3, -0.25) is 19.6 Å². The van der Waals surface area contributed by atoms with Crippen molar-refractivity contribution in [1.82, 2.24) is 14.7 Å². The zero-order valence-electron chi connectivity index (χ0n) is 14.6. The van der Waals surface area contributed by atoms with Crippen LogP contribution in [0.5, 0.6) is 11.5 Å². The van der Waals surface area contributed by atoms with E-state index in [1.54, 1.807) is 19.1 Å². The van der Waals surface area contributed by atoms with Crippen molar-refractivity contribution in [2.75, 3.05) is 20.8 Å². The number of ether oxygens (including phenoxy) is 2. The molecule has 0 N–H and O–H groups in total. The summed E-state index contributed by atoms with van der Waals surface area (Å²) < 4.78 is 12.0. The van der Waals surface area contributed by atoms with Crippen LogP contribution in [0.15, 0.2) is 30.6 Å². The third kappa shape index (κ3) is 3.46. The molecule has 1 amide bonds. The highest BCUT2D eigenvalue weighted by molar-refractivity contribution is 5.77. The summed E-state index contributed by atoms with van der Waals surface area (Å²) in [6.07, 6.45) is 4.08. The van der Waals surface area contributed by atoms with Crippen molar-refractivity contribution in [2.45, 2.75) is 25.4 Å². The van der Waals surface area contributed by atoms with Crippen LogP contribution in [0.4, 0.5) is 5.69 Å². The normalized spacial score (nSPS) is 16.5. The second-order valence-electron chi connectivity index (χ2n) is 6.01. The molecule has 2 heterocycles. The monoisotopic (exact) mass is 360 g/mol. The molecule has 9 heteroatoms. The number of hydrogen-bond acceptors (Lipinski definition) is 6. The lowest BCUT2D eigenvalue weighted by molar-refractivity contribution is -0.385. The Morgan fingerprint density at radius 1 is 1.38 bits per heavy atom. The highest BCUT2D eigenvalue weighted by atomic mass is 16.6. The smallest absolute Gasteiger partial charge is 0.307 e. The van der Waals surface area contributed by atoms with Gasteiger partial charge in [0.05, 0.1) is 25.2 Å². The van der Waals surface area contributed by atoms with Gasteiger partial charge in [-0.2, -0.15) is 5.10 Å². The molecule has 1 aromatic heterocycles. The zero-order chi connectivity index (χ0) is 18.7. The van der Waals surface area contributed by atoms with Gasteiger partial charge < -0.3 is 14.4 Å². The number of aromatic nitrogens is 2. The molecule has 1 aromatic carbocycles. The van der Waals surface area contributed by atoms with E-state index in [0.717, 1.165) is 24.6 Å². The summed E-state index contributed by atoms with van der Waals surface area (Å²) in [6.45, 7) is 0.573. The lowest BCUT2D eigenvalue weighted by atomic mass is 10.0. The fourth-order valence-corrected chi connectivity index (χ4v) is 3.25. The molecule has 0 spiro atoms. The maximum Gasteiger partial charge on any atom is 0.307 e. The number of methoxy groups -OCH3 is 2. The average molecular weight is 360 g/mol. The standard InChI is InChI=1S/C17H20N4O5/c1-25-13-5-6-16(26-2)14(8-13)15-4-3-7-20(15)17(22)11-19-10-12(9-18-19)21(23)24/h5-6,8-10,15H,3-4,7,11H2,1-2H3. The second-order valence-corrected chi connectivity index (χ2v) is 6.01. The van der Waals surface area contributed by atoms with Crippen LogP contribution in [0.3, 0.4) is 0 Å². The summed E-state index contributed by atoms with van der Waals surface area (Å²) in [5.41, 5.74) is 0.759. The van der Waals surface area contributed by atoms with Crippen LogP contribution in [0.2, 0.25) is 0 Å². The van der Waals surface area contributed by atoms with Gasteiger partial charge in [-0.25, -0.2) is 0 Å². The van der Waals surface area contributed by atoms with Crippen molar-refractivity contribution in [3.05, 3.63) is 46.3 Å². The number of nitro groups is 1. The number of benzene rings is 1. The molecule has 1 saturated heterocycles. The van der Waals surface area contributed by atoms with Gasteiger partial charge in [0, 0.05) is 12.1 Å². The molecule has 26 heavy (non-hydrogen) atoms. The SMILES string of the molecule is COc1ccc(OC)c(C2CCCN2C(=O)Cn2cc([N+](=O)[O-])cn2)c1. The second kappa shape index (κ2) is 7.42. The van der Waals surface area contributed by atoms with E-state index in [4.69, 9.17) is 9.47 Å². The fraction of sp³-hybridized carbons (Fsp3) is 0.412. The molecule has 1 unspecified atom stereocenters. The molecule has 0 aliphatic carbocycles. The predicted octanol–water partition coefficient (Wildman–Crippen LogP) is 2.17. The summed E-state index contributed by atoms with van der Waals surface area (Å²) in [5, 5.41) is 14.6. The van der Waals surface area contributed by atoms with E-state index >= 15 is 0 Å². The molecular weight excluding hydrogens is 340 g/mol. The Balaban J connectivity index is 1.81. The quantitative estimate of drug-likeness (QED) is 0.578. The molecule has 0 bridgehead atoms. The topological polar surface area (TPSA) is 99.7 Å². The number of likely N-dealkylation sites (tertiary alicyclic amines) is 1. The van der Waals surface area contributed by atoms with Gasteiger partial charge in [-0.1, -0.05) is 0 Å². The Morgan fingerprint density at radius 3 is 2.85 bits per heavy atom. The largest absolute Gasteiger partial charge is 0.497 e. The maximum atomic E-state index is 12.8. The molecule has 1 aliphatic heterocycles. The molecular formula is C17H20N4O5. The van der Waals surface area contributed by atoms with Gasteiger partial charge in [-0.15, -0.1) is 0 Å². The van der Waals surface area contributed by atoms with Crippen molar-refractivity contribution in [3.8, 4) is 11.5 Å². The third-order valence-corrected chi connectivity index (χ3v) is 4.50. The number of rotatable bonds is 6. The zero-order valence-corrected chi connectivity index (χ0v) is 14.6. The lowest BCUT2D eigenvalue weighted by Crippen LogP contribution is -2.33. The van der Waals surface area contributed by atoms with Crippen LogP contribution in [-0.2, 0) is 11.3 Å². The number of nitrogens with zero attached hydrogens (tertiary/aromatic N) is 4.